The van der Waals surface area contributed by atoms with Crippen LogP contribution < -0.4 is 10.1 Å². The molecule has 0 aromatic heterocycles. The minimum atomic E-state index is -0.204. The van der Waals surface area contributed by atoms with E-state index < -0.39 is 0 Å². The van der Waals surface area contributed by atoms with Crippen LogP contribution in [0.5, 0.6) is 5.75 Å². The molecule has 0 spiro atoms. The lowest BCUT2D eigenvalue weighted by Crippen LogP contribution is -2.36. The van der Waals surface area contributed by atoms with Crippen LogP contribution in [0, 0.1) is 0 Å². The first kappa shape index (κ1) is 18.5. The van der Waals surface area contributed by atoms with Crippen molar-refractivity contribution < 1.29 is 14.3 Å². The summed E-state index contributed by atoms with van der Waals surface area (Å²) in [4.78, 5) is 25.8. The molecular formula is C20H24N2O3. The third kappa shape index (κ3) is 5.35. The number of amides is 2. The monoisotopic (exact) mass is 340 g/mol. The van der Waals surface area contributed by atoms with Crippen molar-refractivity contribution in [3.8, 4) is 5.75 Å². The Bertz CT molecular complexity index is 726. The Balaban J connectivity index is 2.02. The smallest absolute Gasteiger partial charge is 0.244 e. The van der Waals surface area contributed by atoms with Crippen LogP contribution in [0.25, 0.3) is 0 Å². The van der Waals surface area contributed by atoms with E-state index in [1.54, 1.807) is 7.11 Å². The van der Waals surface area contributed by atoms with E-state index in [0.29, 0.717) is 6.54 Å². The number of para-hydroxylation sites is 1. The first-order chi connectivity index (χ1) is 12.0. The molecule has 25 heavy (non-hydrogen) atoms. The van der Waals surface area contributed by atoms with Crippen molar-refractivity contribution in [2.45, 2.75) is 26.8 Å². The molecule has 0 aliphatic rings. The van der Waals surface area contributed by atoms with Crippen LogP contribution in [0.2, 0.25) is 0 Å². The molecule has 2 aromatic rings. The van der Waals surface area contributed by atoms with Crippen molar-refractivity contribution in [3.05, 3.63) is 59.7 Å². The molecule has 2 amide bonds. The van der Waals surface area contributed by atoms with E-state index in [-0.39, 0.29) is 18.4 Å². The van der Waals surface area contributed by atoms with Crippen molar-refractivity contribution in [3.63, 3.8) is 0 Å². The molecule has 132 valence electrons. The van der Waals surface area contributed by atoms with E-state index >= 15 is 0 Å². The molecule has 0 saturated heterocycles. The SMILES string of the molecule is CCc1ccccc1NC(=O)CN(Cc1ccc(OC)cc1)C(C)=O. The Morgan fingerprint density at radius 3 is 2.36 bits per heavy atom. The van der Waals surface area contributed by atoms with Gasteiger partial charge in [0.15, 0.2) is 0 Å². The molecule has 0 saturated carbocycles. The van der Waals surface area contributed by atoms with E-state index in [1.807, 2.05) is 55.5 Å². The highest BCUT2D eigenvalue weighted by atomic mass is 16.5. The molecule has 0 fully saturated rings. The fourth-order valence-corrected chi connectivity index (χ4v) is 2.54. The van der Waals surface area contributed by atoms with E-state index in [9.17, 15) is 9.59 Å². The predicted octanol–water partition coefficient (Wildman–Crippen LogP) is 3.24. The second-order valence-electron chi connectivity index (χ2n) is 5.78. The van der Waals surface area contributed by atoms with Crippen LogP contribution >= 0.6 is 0 Å². The average Bonchev–Trinajstić information content (AvgIpc) is 2.62. The molecule has 2 rings (SSSR count). The van der Waals surface area contributed by atoms with Crippen molar-refractivity contribution in [2.75, 3.05) is 19.0 Å². The van der Waals surface area contributed by atoms with Gasteiger partial charge in [0.2, 0.25) is 11.8 Å². The molecule has 5 nitrogen and oxygen atoms in total. The fraction of sp³-hybridized carbons (Fsp3) is 0.300. The van der Waals surface area contributed by atoms with Crippen molar-refractivity contribution in [1.29, 1.82) is 0 Å². The van der Waals surface area contributed by atoms with Gasteiger partial charge >= 0.3 is 0 Å². The molecule has 0 bridgehead atoms. The molecule has 0 radical (unpaired) electrons. The molecule has 0 aliphatic carbocycles. The first-order valence-corrected chi connectivity index (χ1v) is 8.29. The van der Waals surface area contributed by atoms with Gasteiger partial charge in [-0.1, -0.05) is 37.3 Å². The quantitative estimate of drug-likeness (QED) is 0.842. The fourth-order valence-electron chi connectivity index (χ4n) is 2.54. The van der Waals surface area contributed by atoms with Gasteiger partial charge in [0, 0.05) is 19.2 Å². The zero-order chi connectivity index (χ0) is 18.2. The highest BCUT2D eigenvalue weighted by Gasteiger charge is 2.15. The molecule has 0 atom stereocenters. The maximum absolute atomic E-state index is 12.4. The molecule has 0 aliphatic heterocycles. The maximum Gasteiger partial charge on any atom is 0.244 e. The number of rotatable bonds is 7. The lowest BCUT2D eigenvalue weighted by Gasteiger charge is -2.21. The molecule has 0 unspecified atom stereocenters. The molecular weight excluding hydrogens is 316 g/mol. The number of nitrogens with one attached hydrogen (secondary N) is 1. The third-order valence-electron chi connectivity index (χ3n) is 3.98. The highest BCUT2D eigenvalue weighted by Crippen LogP contribution is 2.16. The Labute approximate surface area is 148 Å². The summed E-state index contributed by atoms with van der Waals surface area (Å²) in [6, 6.07) is 15.1. The van der Waals surface area contributed by atoms with Crippen LogP contribution in [-0.4, -0.2) is 30.4 Å². The van der Waals surface area contributed by atoms with Crippen molar-refractivity contribution >= 4 is 17.5 Å². The molecule has 2 aromatic carbocycles. The van der Waals surface area contributed by atoms with E-state index in [4.69, 9.17) is 4.74 Å². The van der Waals surface area contributed by atoms with Crippen molar-refractivity contribution in [2.24, 2.45) is 0 Å². The molecule has 0 heterocycles. The van der Waals surface area contributed by atoms with Gasteiger partial charge in [0.25, 0.3) is 0 Å². The number of aryl methyl sites for hydroxylation is 1. The molecule has 1 N–H and O–H groups in total. The summed E-state index contributed by atoms with van der Waals surface area (Å²) in [6.45, 7) is 3.90. The Kier molecular flexibility index (Phi) is 6.57. The van der Waals surface area contributed by atoms with Crippen LogP contribution in [0.15, 0.2) is 48.5 Å². The molecule has 5 heteroatoms. The topological polar surface area (TPSA) is 58.6 Å². The number of ether oxygens (including phenoxy) is 1. The van der Waals surface area contributed by atoms with Gasteiger partial charge in [-0.3, -0.25) is 9.59 Å². The van der Waals surface area contributed by atoms with Gasteiger partial charge in [-0.2, -0.15) is 0 Å². The van der Waals surface area contributed by atoms with Crippen LogP contribution in [-0.2, 0) is 22.6 Å². The lowest BCUT2D eigenvalue weighted by atomic mass is 10.1. The summed E-state index contributed by atoms with van der Waals surface area (Å²) < 4.78 is 5.13. The first-order valence-electron chi connectivity index (χ1n) is 8.29. The second kappa shape index (κ2) is 8.87. The van der Waals surface area contributed by atoms with Gasteiger partial charge in [0.1, 0.15) is 12.3 Å². The number of methoxy groups -OCH3 is 1. The van der Waals surface area contributed by atoms with E-state index in [0.717, 1.165) is 29.0 Å². The minimum absolute atomic E-state index is 0.0133. The third-order valence-corrected chi connectivity index (χ3v) is 3.98. The largest absolute Gasteiger partial charge is 0.497 e. The van der Waals surface area contributed by atoms with Gasteiger partial charge in [-0.25, -0.2) is 0 Å². The minimum Gasteiger partial charge on any atom is -0.497 e. The number of hydrogen-bond donors (Lipinski definition) is 1. The summed E-state index contributed by atoms with van der Waals surface area (Å²) >= 11 is 0. The summed E-state index contributed by atoms with van der Waals surface area (Å²) in [7, 11) is 1.61. The zero-order valence-electron chi connectivity index (χ0n) is 14.9. The number of hydrogen-bond acceptors (Lipinski definition) is 3. The summed E-state index contributed by atoms with van der Waals surface area (Å²) in [5, 5.41) is 2.90. The highest BCUT2D eigenvalue weighted by molar-refractivity contribution is 5.94. The maximum atomic E-state index is 12.4. The number of benzene rings is 2. The summed E-state index contributed by atoms with van der Waals surface area (Å²) in [5.74, 6) is 0.409. The van der Waals surface area contributed by atoms with Gasteiger partial charge in [-0.15, -0.1) is 0 Å². The number of carbonyl (C=O) groups is 2. The van der Waals surface area contributed by atoms with Gasteiger partial charge < -0.3 is 15.0 Å². The number of anilines is 1. The lowest BCUT2D eigenvalue weighted by molar-refractivity contribution is -0.133. The number of nitrogens with zero attached hydrogens (tertiary/aromatic N) is 1. The second-order valence-corrected chi connectivity index (χ2v) is 5.78. The van der Waals surface area contributed by atoms with Crippen LogP contribution in [0.1, 0.15) is 25.0 Å². The normalized spacial score (nSPS) is 10.2. The average molecular weight is 340 g/mol. The van der Waals surface area contributed by atoms with E-state index in [1.165, 1.54) is 11.8 Å². The standard InChI is InChI=1S/C20H24N2O3/c1-4-17-7-5-6-8-19(17)21-20(24)14-22(15(2)23)13-16-9-11-18(25-3)12-10-16/h5-12H,4,13-14H2,1-3H3,(H,21,24). The predicted molar refractivity (Wildman–Crippen MR) is 98.5 cm³/mol. The number of carbonyl (C=O) groups excluding carboxylic acids is 2. The van der Waals surface area contributed by atoms with Crippen molar-refractivity contribution in [1.82, 2.24) is 4.90 Å². The van der Waals surface area contributed by atoms with Crippen LogP contribution in [0.4, 0.5) is 5.69 Å². The Hall–Kier alpha value is -2.82. The summed E-state index contributed by atoms with van der Waals surface area (Å²) in [5.41, 5.74) is 2.81. The van der Waals surface area contributed by atoms with E-state index in [2.05, 4.69) is 5.32 Å². The van der Waals surface area contributed by atoms with Gasteiger partial charge in [-0.05, 0) is 35.7 Å². The summed E-state index contributed by atoms with van der Waals surface area (Å²) in [6.07, 6.45) is 0.832. The Morgan fingerprint density at radius 1 is 1.08 bits per heavy atom. The Morgan fingerprint density at radius 2 is 1.76 bits per heavy atom. The van der Waals surface area contributed by atoms with Crippen LogP contribution in [0.3, 0.4) is 0 Å². The zero-order valence-corrected chi connectivity index (χ0v) is 14.9. The van der Waals surface area contributed by atoms with Gasteiger partial charge in [0.05, 0.1) is 7.11 Å².